The number of aryl methyl sites for hydroxylation is 1. The van der Waals surface area contributed by atoms with Gasteiger partial charge in [-0.25, -0.2) is 9.78 Å². The lowest BCUT2D eigenvalue weighted by molar-refractivity contribution is -0.137. The number of carbonyl (C=O) groups excluding carboxylic acids is 1. The fourth-order valence-electron chi connectivity index (χ4n) is 2.93. The highest BCUT2D eigenvalue weighted by atomic mass is 16.5. The number of fused-ring (bicyclic) bond motifs is 1. The minimum Gasteiger partial charge on any atom is -0.462 e. The van der Waals surface area contributed by atoms with Gasteiger partial charge in [-0.1, -0.05) is 6.07 Å². The molecule has 8 heteroatoms. The maximum Gasteiger partial charge on any atom is 0.348 e. The first kappa shape index (κ1) is 18.6. The Kier molecular flexibility index (Phi) is 5.52. The molecule has 0 amide bonds. The van der Waals surface area contributed by atoms with Crippen LogP contribution in [0.2, 0.25) is 0 Å². The van der Waals surface area contributed by atoms with Gasteiger partial charge < -0.3 is 14.4 Å². The van der Waals surface area contributed by atoms with Crippen molar-refractivity contribution in [3.8, 4) is 6.07 Å². The summed E-state index contributed by atoms with van der Waals surface area (Å²) >= 11 is 0. The molecule has 27 heavy (non-hydrogen) atoms. The minimum absolute atomic E-state index is 0.141. The monoisotopic (exact) mass is 368 g/mol. The van der Waals surface area contributed by atoms with E-state index in [4.69, 9.17) is 9.47 Å². The van der Waals surface area contributed by atoms with Crippen molar-refractivity contribution in [2.24, 2.45) is 0 Å². The fraction of sp³-hybridized carbons (Fsp3) is 0.368. The molecule has 0 spiro atoms. The van der Waals surface area contributed by atoms with Gasteiger partial charge in [-0.3, -0.25) is 9.20 Å². The van der Waals surface area contributed by atoms with Crippen LogP contribution in [0.5, 0.6) is 0 Å². The predicted octanol–water partition coefficient (Wildman–Crippen LogP) is 1.31. The molecule has 2 aromatic rings. The molecule has 1 aliphatic rings. The molecular formula is C19H20N4O4. The maximum atomic E-state index is 13.1. The van der Waals surface area contributed by atoms with Crippen molar-refractivity contribution in [3.05, 3.63) is 45.4 Å². The normalized spacial score (nSPS) is 14.9. The summed E-state index contributed by atoms with van der Waals surface area (Å²) in [5, 5.41) is 9.35. The molecule has 0 radical (unpaired) electrons. The van der Waals surface area contributed by atoms with Crippen LogP contribution in [0.15, 0.2) is 28.7 Å². The lowest BCUT2D eigenvalue weighted by Gasteiger charge is -2.29. The van der Waals surface area contributed by atoms with Crippen LogP contribution < -0.4 is 10.5 Å². The van der Waals surface area contributed by atoms with Crippen molar-refractivity contribution in [3.63, 3.8) is 0 Å². The number of ether oxygens (including phenoxy) is 2. The number of anilines is 1. The third-order valence-electron chi connectivity index (χ3n) is 4.28. The van der Waals surface area contributed by atoms with E-state index in [1.807, 2.05) is 24.0 Å². The molecule has 0 aromatic carbocycles. The molecule has 1 fully saturated rings. The van der Waals surface area contributed by atoms with Gasteiger partial charge in [0.2, 0.25) is 0 Å². The van der Waals surface area contributed by atoms with Crippen molar-refractivity contribution >= 4 is 23.5 Å². The van der Waals surface area contributed by atoms with Gasteiger partial charge in [-0.15, -0.1) is 0 Å². The Morgan fingerprint density at radius 3 is 2.85 bits per heavy atom. The van der Waals surface area contributed by atoms with E-state index < -0.39 is 5.97 Å². The summed E-state index contributed by atoms with van der Waals surface area (Å²) in [7, 11) is 0. The number of carbonyl (C=O) groups is 1. The van der Waals surface area contributed by atoms with Crippen LogP contribution in [0.3, 0.4) is 0 Å². The Bertz CT molecular complexity index is 997. The topological polar surface area (TPSA) is 96.9 Å². The van der Waals surface area contributed by atoms with Crippen molar-refractivity contribution in [1.82, 2.24) is 9.38 Å². The molecule has 0 saturated carbocycles. The molecule has 0 aliphatic carbocycles. The van der Waals surface area contributed by atoms with Gasteiger partial charge in [0.05, 0.1) is 25.4 Å². The van der Waals surface area contributed by atoms with Gasteiger partial charge in [-0.05, 0) is 31.6 Å². The molecule has 8 nitrogen and oxygen atoms in total. The Balaban J connectivity index is 2.25. The van der Waals surface area contributed by atoms with Gasteiger partial charge in [-0.2, -0.15) is 5.26 Å². The van der Waals surface area contributed by atoms with Crippen LogP contribution in [0.25, 0.3) is 11.7 Å². The number of aromatic nitrogens is 2. The lowest BCUT2D eigenvalue weighted by Crippen LogP contribution is -2.38. The Morgan fingerprint density at radius 1 is 1.44 bits per heavy atom. The summed E-state index contributed by atoms with van der Waals surface area (Å²) in [5.41, 5.74) is 0.992. The van der Waals surface area contributed by atoms with Gasteiger partial charge in [0, 0.05) is 19.3 Å². The zero-order valence-electron chi connectivity index (χ0n) is 15.3. The number of morpholine rings is 1. The van der Waals surface area contributed by atoms with Gasteiger partial charge in [0.15, 0.2) is 0 Å². The van der Waals surface area contributed by atoms with Crippen LogP contribution in [-0.2, 0) is 14.3 Å². The van der Waals surface area contributed by atoms with E-state index in [1.165, 1.54) is 10.5 Å². The molecule has 1 saturated heterocycles. The summed E-state index contributed by atoms with van der Waals surface area (Å²) in [6.07, 6.45) is 2.89. The number of rotatable bonds is 4. The number of nitriles is 1. The molecule has 0 atom stereocenters. The standard InChI is InChI=1S/C19H20N4O4/c1-3-27-19(25)14(12-20)11-15-17(22-7-9-26-10-8-22)21-16-13(2)5-4-6-23(16)18(15)24/h4-6,11H,3,7-10H2,1-2H3/b14-11+. The predicted molar refractivity (Wildman–Crippen MR) is 99.5 cm³/mol. The molecule has 3 heterocycles. The third kappa shape index (κ3) is 3.68. The van der Waals surface area contributed by atoms with Crippen LogP contribution in [0.1, 0.15) is 18.1 Å². The molecular weight excluding hydrogens is 348 g/mol. The summed E-state index contributed by atoms with van der Waals surface area (Å²) in [5.74, 6) is -0.323. The zero-order chi connectivity index (χ0) is 19.4. The summed E-state index contributed by atoms with van der Waals surface area (Å²) in [4.78, 5) is 31.8. The molecule has 3 rings (SSSR count). The highest BCUT2D eigenvalue weighted by Gasteiger charge is 2.22. The van der Waals surface area contributed by atoms with Crippen LogP contribution in [-0.4, -0.2) is 48.3 Å². The number of hydrogen-bond acceptors (Lipinski definition) is 7. The summed E-state index contributed by atoms with van der Waals surface area (Å²) in [6.45, 7) is 5.83. The second kappa shape index (κ2) is 8.01. The largest absolute Gasteiger partial charge is 0.462 e. The molecule has 0 unspecified atom stereocenters. The van der Waals surface area contributed by atoms with Crippen molar-refractivity contribution < 1.29 is 14.3 Å². The Morgan fingerprint density at radius 2 is 2.19 bits per heavy atom. The smallest absolute Gasteiger partial charge is 0.348 e. The average molecular weight is 368 g/mol. The summed E-state index contributed by atoms with van der Waals surface area (Å²) in [6, 6.07) is 5.45. The first-order valence-corrected chi connectivity index (χ1v) is 8.70. The fourth-order valence-corrected chi connectivity index (χ4v) is 2.93. The summed E-state index contributed by atoms with van der Waals surface area (Å²) < 4.78 is 11.7. The van der Waals surface area contributed by atoms with E-state index in [2.05, 4.69) is 4.98 Å². The van der Waals surface area contributed by atoms with E-state index in [0.717, 1.165) is 5.56 Å². The molecule has 0 N–H and O–H groups in total. The quantitative estimate of drug-likeness (QED) is 0.456. The van der Waals surface area contributed by atoms with Crippen LogP contribution >= 0.6 is 0 Å². The molecule has 1 aliphatic heterocycles. The Labute approximate surface area is 156 Å². The molecule has 0 bridgehead atoms. The number of hydrogen-bond donors (Lipinski definition) is 0. The van der Waals surface area contributed by atoms with Crippen LogP contribution in [0, 0.1) is 18.3 Å². The second-order valence-electron chi connectivity index (χ2n) is 6.03. The highest BCUT2D eigenvalue weighted by Crippen LogP contribution is 2.21. The van der Waals surface area contributed by atoms with E-state index in [0.29, 0.717) is 37.8 Å². The second-order valence-corrected chi connectivity index (χ2v) is 6.03. The van der Waals surface area contributed by atoms with E-state index >= 15 is 0 Å². The first-order valence-electron chi connectivity index (χ1n) is 8.70. The van der Waals surface area contributed by atoms with Crippen molar-refractivity contribution in [2.75, 3.05) is 37.8 Å². The average Bonchev–Trinajstić information content (AvgIpc) is 2.68. The van der Waals surface area contributed by atoms with Crippen molar-refractivity contribution in [1.29, 1.82) is 5.26 Å². The van der Waals surface area contributed by atoms with E-state index in [-0.39, 0.29) is 23.3 Å². The van der Waals surface area contributed by atoms with Gasteiger partial charge >= 0.3 is 5.97 Å². The number of pyridine rings is 1. The molecule has 140 valence electrons. The lowest BCUT2D eigenvalue weighted by atomic mass is 10.1. The maximum absolute atomic E-state index is 13.1. The minimum atomic E-state index is -0.762. The SMILES string of the molecule is CCOC(=O)/C(C#N)=C/c1c(N2CCOCC2)nc2c(C)cccn2c1=O. The number of nitrogens with zero attached hydrogens (tertiary/aromatic N) is 4. The molecule has 2 aromatic heterocycles. The van der Waals surface area contributed by atoms with Crippen LogP contribution in [0.4, 0.5) is 5.82 Å². The van der Waals surface area contributed by atoms with Gasteiger partial charge in [0.1, 0.15) is 23.1 Å². The van der Waals surface area contributed by atoms with Gasteiger partial charge in [0.25, 0.3) is 5.56 Å². The first-order chi connectivity index (χ1) is 13.1. The number of esters is 1. The Hall–Kier alpha value is -3.18. The zero-order valence-corrected chi connectivity index (χ0v) is 15.3. The van der Waals surface area contributed by atoms with Crippen molar-refractivity contribution in [2.45, 2.75) is 13.8 Å². The van der Waals surface area contributed by atoms with E-state index in [1.54, 1.807) is 19.2 Å². The third-order valence-corrected chi connectivity index (χ3v) is 4.28. The highest BCUT2D eigenvalue weighted by molar-refractivity contribution is 5.98. The van der Waals surface area contributed by atoms with E-state index in [9.17, 15) is 14.9 Å².